The van der Waals surface area contributed by atoms with Gasteiger partial charge in [0.15, 0.2) is 5.52 Å². The van der Waals surface area contributed by atoms with Gasteiger partial charge in [-0.2, -0.15) is 8.42 Å². The third-order valence-electron chi connectivity index (χ3n) is 1.77. The minimum atomic E-state index is -5.62. The Morgan fingerprint density at radius 1 is 1.05 bits per heavy atom. The standard InChI is InChI=1S/C5H4N4O6S.K.Mn.4O/c10-3-1-2(7-4(11)6-1)8-5(12)9(3)16(13,14)15;;;;;;/h(H,8,12)(H2,6,7,11)(H,13,14,15);;;;;;/q;+1;;;;;-1. The van der Waals surface area contributed by atoms with E-state index in [-0.39, 0.29) is 57.0 Å². The maximum absolute atomic E-state index is 11.4. The van der Waals surface area contributed by atoms with Gasteiger partial charge in [0.05, 0.1) is 0 Å². The molecule has 0 fully saturated rings. The Bertz CT molecular complexity index is 1110. The van der Waals surface area contributed by atoms with Gasteiger partial charge >= 0.3 is 102 Å². The van der Waals surface area contributed by atoms with E-state index in [1.165, 1.54) is 0 Å². The van der Waals surface area contributed by atoms with Gasteiger partial charge in [0.2, 0.25) is 0 Å². The topological polar surface area (TPSA) is 232 Å². The third kappa shape index (κ3) is 5.87. The van der Waals surface area contributed by atoms with Crippen molar-refractivity contribution in [2.75, 3.05) is 0 Å². The predicted octanol–water partition coefficient (Wildman–Crippen LogP) is -7.19. The summed E-state index contributed by atoms with van der Waals surface area (Å²) < 4.78 is 64.0. The Morgan fingerprint density at radius 3 is 1.91 bits per heavy atom. The minimum absolute atomic E-state index is 0. The summed E-state index contributed by atoms with van der Waals surface area (Å²) >= 11 is -5.62. The van der Waals surface area contributed by atoms with E-state index in [1.807, 2.05) is 9.97 Å². The third-order valence-corrected chi connectivity index (χ3v) is 2.57. The molecule has 0 radical (unpaired) electrons. The number of hydrogen-bond acceptors (Lipinski definition) is 9. The van der Waals surface area contributed by atoms with Crippen LogP contribution in [0.25, 0.3) is 11.2 Å². The van der Waals surface area contributed by atoms with Crippen LogP contribution in [0.1, 0.15) is 0 Å². The monoisotopic (exact) mass is 406 g/mol. The molecule has 0 aromatic carbocycles. The molecule has 0 unspecified atom stereocenters. The second-order valence-electron chi connectivity index (χ2n) is 3.18. The Balaban J connectivity index is 0.000000644. The molecule has 118 valence electrons. The molecule has 0 aliphatic rings. The van der Waals surface area contributed by atoms with Gasteiger partial charge in [-0.1, -0.05) is 0 Å². The van der Waals surface area contributed by atoms with Crippen molar-refractivity contribution in [3.8, 4) is 0 Å². The van der Waals surface area contributed by atoms with E-state index in [0.29, 0.717) is 0 Å². The average molecular weight is 406 g/mol. The molecule has 14 nitrogen and oxygen atoms in total. The summed E-state index contributed by atoms with van der Waals surface area (Å²) in [5.41, 5.74) is -4.23. The van der Waals surface area contributed by atoms with Crippen molar-refractivity contribution in [2.45, 2.75) is 0 Å². The summed E-state index contributed by atoms with van der Waals surface area (Å²) in [5, 5.41) is 0. The molecule has 2 aromatic heterocycles. The number of nitrogens with zero attached hydrogens (tertiary/aromatic N) is 1. The van der Waals surface area contributed by atoms with Gasteiger partial charge < -0.3 is 0 Å². The van der Waals surface area contributed by atoms with E-state index >= 15 is 0 Å². The quantitative estimate of drug-likeness (QED) is 0.258. The number of aromatic nitrogens is 4. The molecule has 0 bridgehead atoms. The van der Waals surface area contributed by atoms with Crippen LogP contribution in [0, 0.1) is 0 Å². The van der Waals surface area contributed by atoms with E-state index < -0.39 is 49.7 Å². The van der Waals surface area contributed by atoms with Crippen LogP contribution in [0.15, 0.2) is 14.4 Å². The first-order valence-corrected chi connectivity index (χ1v) is 7.70. The molecule has 0 spiro atoms. The number of fused-ring (bicyclic) bond motifs is 1. The molecule has 2 rings (SSSR count). The number of aromatic amines is 3. The molecule has 0 amide bonds. The average Bonchev–Trinajstić information content (AvgIpc) is 2.53. The van der Waals surface area contributed by atoms with E-state index in [9.17, 15) is 22.8 Å². The van der Waals surface area contributed by atoms with Crippen molar-refractivity contribution in [2.24, 2.45) is 0 Å². The number of H-pyrrole nitrogens is 3. The van der Waals surface area contributed by atoms with Gasteiger partial charge in [-0.05, 0) is 0 Å². The van der Waals surface area contributed by atoms with Crippen molar-refractivity contribution in [1.82, 2.24) is 18.9 Å². The number of nitrogens with one attached hydrogen (secondary N) is 3. The molecule has 4 N–H and O–H groups in total. The molecule has 0 aliphatic heterocycles. The fourth-order valence-corrected chi connectivity index (χ4v) is 1.75. The second-order valence-corrected chi connectivity index (χ2v) is 5.63. The SMILES string of the molecule is O=c1[nH]c2[nH]c(=O)n(S(=O)(=O)O)c(=O)c2[nH]1.[K+].[O]=[Mn](=[O])(=[O])[O-]. The fraction of sp³-hybridized carbons (Fsp3) is 0. The molecule has 0 saturated heterocycles. The van der Waals surface area contributed by atoms with Crippen LogP contribution >= 0.6 is 0 Å². The molecule has 0 atom stereocenters. The Labute approximate surface area is 163 Å². The number of hydrogen-bond donors (Lipinski definition) is 4. The van der Waals surface area contributed by atoms with Crippen molar-refractivity contribution in [1.29, 1.82) is 0 Å². The van der Waals surface area contributed by atoms with Crippen molar-refractivity contribution in [3.05, 3.63) is 31.3 Å². The van der Waals surface area contributed by atoms with Gasteiger partial charge in [-0.15, -0.1) is 3.97 Å². The first kappa shape index (κ1) is 21.4. The van der Waals surface area contributed by atoms with Crippen LogP contribution in [0.3, 0.4) is 0 Å². The second kappa shape index (κ2) is 7.30. The fourth-order valence-electron chi connectivity index (χ4n) is 1.20. The maximum atomic E-state index is 11.4. The van der Waals surface area contributed by atoms with Crippen LogP contribution in [0.4, 0.5) is 0 Å². The molecule has 0 aliphatic carbocycles. The van der Waals surface area contributed by atoms with E-state index in [4.69, 9.17) is 20.2 Å². The van der Waals surface area contributed by atoms with Crippen LogP contribution in [-0.4, -0.2) is 31.9 Å². The summed E-state index contributed by atoms with van der Waals surface area (Å²) in [6, 6.07) is 0. The first-order valence-electron chi connectivity index (χ1n) is 4.38. The molecule has 2 aromatic rings. The van der Waals surface area contributed by atoms with Crippen molar-refractivity contribution in [3.63, 3.8) is 0 Å². The van der Waals surface area contributed by atoms with Gasteiger partial charge in [0.1, 0.15) is 5.65 Å². The van der Waals surface area contributed by atoms with Crippen molar-refractivity contribution < 1.29 is 93.0 Å². The van der Waals surface area contributed by atoms with Crippen LogP contribution in [0.2, 0.25) is 0 Å². The molecular formula is C5H4KMnN4O10S. The molecule has 0 saturated carbocycles. The number of rotatable bonds is 1. The molecule has 2 heterocycles. The summed E-state index contributed by atoms with van der Waals surface area (Å²) in [6.45, 7) is 0. The van der Waals surface area contributed by atoms with E-state index in [0.717, 1.165) is 0 Å². The van der Waals surface area contributed by atoms with E-state index in [1.54, 1.807) is 0 Å². The Kier molecular flexibility index (Phi) is 7.09. The van der Waals surface area contributed by atoms with Gasteiger partial charge in [-0.25, -0.2) is 9.59 Å². The number of imidazole rings is 1. The zero-order valence-corrected chi connectivity index (χ0v) is 15.5. The summed E-state index contributed by atoms with van der Waals surface area (Å²) in [5.74, 6) is 0. The zero-order chi connectivity index (χ0) is 16.6. The summed E-state index contributed by atoms with van der Waals surface area (Å²) in [7, 11) is -5.02. The first-order chi connectivity index (χ1) is 9.30. The van der Waals surface area contributed by atoms with Crippen molar-refractivity contribution >= 4 is 21.5 Å². The Morgan fingerprint density at radius 2 is 1.50 bits per heavy atom. The van der Waals surface area contributed by atoms with Gasteiger partial charge in [0.25, 0.3) is 5.56 Å². The van der Waals surface area contributed by atoms with Crippen LogP contribution in [0.5, 0.6) is 0 Å². The predicted molar refractivity (Wildman–Crippen MR) is 52.8 cm³/mol. The Hall–Kier alpha value is -0.624. The van der Waals surface area contributed by atoms with Crippen LogP contribution in [-0.2, 0) is 34.8 Å². The summed E-state index contributed by atoms with van der Waals surface area (Å²) in [6.07, 6.45) is 0. The molecule has 17 heteroatoms. The van der Waals surface area contributed by atoms with E-state index in [2.05, 4.69) is 4.98 Å². The van der Waals surface area contributed by atoms with Gasteiger partial charge in [-0.3, -0.25) is 24.3 Å². The van der Waals surface area contributed by atoms with Crippen LogP contribution < -0.4 is 72.5 Å². The summed E-state index contributed by atoms with van der Waals surface area (Å²) in [4.78, 5) is 39.3. The van der Waals surface area contributed by atoms with Gasteiger partial charge in [0, 0.05) is 0 Å². The zero-order valence-electron chi connectivity index (χ0n) is 10.4. The molecular weight excluding hydrogens is 402 g/mol. The normalized spacial score (nSPS) is 11.4. The molecule has 22 heavy (non-hydrogen) atoms.